The zero-order chi connectivity index (χ0) is 21.6. The van der Waals surface area contributed by atoms with Gasteiger partial charge in [0.05, 0.1) is 0 Å². The van der Waals surface area contributed by atoms with Gasteiger partial charge in [0.15, 0.2) is 5.69 Å². The third kappa shape index (κ3) is 5.17. The van der Waals surface area contributed by atoms with E-state index in [2.05, 4.69) is 14.9 Å². The molecular formula is C24H26N4O2S. The number of amides is 2. The molecule has 3 aromatic rings. The Morgan fingerprint density at radius 3 is 2.45 bits per heavy atom. The molecule has 31 heavy (non-hydrogen) atoms. The number of carbonyl (C=O) groups excluding carboxylic acids is 2. The second-order valence-corrected chi connectivity index (χ2v) is 8.62. The lowest BCUT2D eigenvalue weighted by Gasteiger charge is -2.32. The van der Waals surface area contributed by atoms with Gasteiger partial charge < -0.3 is 10.2 Å². The second kappa shape index (κ2) is 9.83. The molecule has 2 aromatic carbocycles. The molecule has 1 saturated carbocycles. The Labute approximate surface area is 186 Å². The van der Waals surface area contributed by atoms with Gasteiger partial charge in [-0.3, -0.25) is 9.59 Å². The molecule has 1 atom stereocenters. The molecular weight excluding hydrogens is 408 g/mol. The fourth-order valence-corrected chi connectivity index (χ4v) is 4.47. The first kappa shape index (κ1) is 21.2. The average Bonchev–Trinajstić information content (AvgIpc) is 3.49. The first-order valence-corrected chi connectivity index (χ1v) is 11.4. The quantitative estimate of drug-likeness (QED) is 0.602. The molecule has 0 unspecified atom stereocenters. The summed E-state index contributed by atoms with van der Waals surface area (Å²) in [6, 6.07) is 16.9. The summed E-state index contributed by atoms with van der Waals surface area (Å²) < 4.78 is 3.85. The van der Waals surface area contributed by atoms with Crippen molar-refractivity contribution in [2.75, 3.05) is 0 Å². The van der Waals surface area contributed by atoms with Gasteiger partial charge in [0, 0.05) is 18.0 Å². The zero-order valence-corrected chi connectivity index (χ0v) is 18.3. The van der Waals surface area contributed by atoms with Crippen LogP contribution in [0.5, 0.6) is 0 Å². The van der Waals surface area contributed by atoms with Gasteiger partial charge in [-0.1, -0.05) is 77.5 Å². The van der Waals surface area contributed by atoms with Crippen LogP contribution in [-0.2, 0) is 11.3 Å². The fourth-order valence-electron chi connectivity index (χ4n) is 4.04. The number of nitrogens with one attached hydrogen (secondary N) is 1. The van der Waals surface area contributed by atoms with Gasteiger partial charge in [0.25, 0.3) is 5.91 Å². The number of benzene rings is 2. The van der Waals surface area contributed by atoms with Crippen molar-refractivity contribution in [3.8, 4) is 0 Å². The van der Waals surface area contributed by atoms with Crippen molar-refractivity contribution in [1.82, 2.24) is 19.8 Å². The van der Waals surface area contributed by atoms with E-state index in [0.29, 0.717) is 6.54 Å². The molecule has 1 fully saturated rings. The maximum Gasteiger partial charge on any atom is 0.276 e. The third-order valence-corrected chi connectivity index (χ3v) is 6.20. The van der Waals surface area contributed by atoms with Gasteiger partial charge in [0.2, 0.25) is 5.91 Å². The number of hydrogen-bond donors (Lipinski definition) is 1. The first-order valence-electron chi connectivity index (χ1n) is 10.6. The van der Waals surface area contributed by atoms with E-state index >= 15 is 0 Å². The predicted molar refractivity (Wildman–Crippen MR) is 121 cm³/mol. The van der Waals surface area contributed by atoms with E-state index in [0.717, 1.165) is 53.9 Å². The monoisotopic (exact) mass is 434 g/mol. The van der Waals surface area contributed by atoms with Gasteiger partial charge in [-0.2, -0.15) is 0 Å². The van der Waals surface area contributed by atoms with E-state index in [4.69, 9.17) is 0 Å². The number of carbonyl (C=O) groups is 2. The SMILES string of the molecule is Cc1ccc([C@@H](C(=O)NC2CCCC2)N(Cc2ccccc2)C(=O)c2csnn2)cc1. The Kier molecular flexibility index (Phi) is 6.72. The van der Waals surface area contributed by atoms with Crippen molar-refractivity contribution in [2.24, 2.45) is 0 Å². The average molecular weight is 435 g/mol. The highest BCUT2D eigenvalue weighted by Gasteiger charge is 2.34. The molecule has 1 heterocycles. The molecule has 0 aliphatic heterocycles. The smallest absolute Gasteiger partial charge is 0.276 e. The normalized spacial score (nSPS) is 14.9. The topological polar surface area (TPSA) is 75.2 Å². The van der Waals surface area contributed by atoms with E-state index in [1.807, 2.05) is 61.5 Å². The molecule has 0 bridgehead atoms. The Hall–Kier alpha value is -3.06. The van der Waals surface area contributed by atoms with Crippen LogP contribution >= 0.6 is 11.5 Å². The van der Waals surface area contributed by atoms with E-state index in [9.17, 15) is 9.59 Å². The Morgan fingerprint density at radius 1 is 1.10 bits per heavy atom. The summed E-state index contributed by atoms with van der Waals surface area (Å²) in [4.78, 5) is 28.6. The maximum atomic E-state index is 13.6. The summed E-state index contributed by atoms with van der Waals surface area (Å²) >= 11 is 1.13. The van der Waals surface area contributed by atoms with Crippen LogP contribution in [0.15, 0.2) is 60.0 Å². The first-order chi connectivity index (χ1) is 15.1. The molecule has 7 heteroatoms. The minimum absolute atomic E-state index is 0.150. The van der Waals surface area contributed by atoms with Crippen molar-refractivity contribution in [3.63, 3.8) is 0 Å². The molecule has 1 aliphatic carbocycles. The van der Waals surface area contributed by atoms with Gasteiger partial charge in [-0.25, -0.2) is 0 Å². The Balaban J connectivity index is 1.72. The maximum absolute atomic E-state index is 13.6. The molecule has 4 rings (SSSR count). The summed E-state index contributed by atoms with van der Waals surface area (Å²) in [5.41, 5.74) is 3.09. The fraction of sp³-hybridized carbons (Fsp3) is 0.333. The molecule has 1 aromatic heterocycles. The third-order valence-electron chi connectivity index (χ3n) is 5.69. The lowest BCUT2D eigenvalue weighted by molar-refractivity contribution is -0.126. The van der Waals surface area contributed by atoms with Crippen LogP contribution in [0.25, 0.3) is 0 Å². The van der Waals surface area contributed by atoms with Crippen LogP contribution in [-0.4, -0.2) is 32.3 Å². The lowest BCUT2D eigenvalue weighted by atomic mass is 10.0. The Bertz CT molecular complexity index is 1000. The Morgan fingerprint density at radius 2 is 1.81 bits per heavy atom. The molecule has 160 valence electrons. The highest BCUT2D eigenvalue weighted by atomic mass is 32.1. The highest BCUT2D eigenvalue weighted by molar-refractivity contribution is 7.03. The summed E-state index contributed by atoms with van der Waals surface area (Å²) in [7, 11) is 0. The van der Waals surface area contributed by atoms with E-state index in [-0.39, 0.29) is 23.6 Å². The summed E-state index contributed by atoms with van der Waals surface area (Å²) in [5, 5.41) is 8.80. The van der Waals surface area contributed by atoms with Crippen molar-refractivity contribution in [1.29, 1.82) is 0 Å². The number of aryl methyl sites for hydroxylation is 1. The van der Waals surface area contributed by atoms with Crippen LogP contribution in [0.1, 0.15) is 58.9 Å². The van der Waals surface area contributed by atoms with E-state index in [1.165, 1.54) is 0 Å². The van der Waals surface area contributed by atoms with Crippen LogP contribution in [0.3, 0.4) is 0 Å². The zero-order valence-electron chi connectivity index (χ0n) is 17.5. The highest BCUT2D eigenvalue weighted by Crippen LogP contribution is 2.27. The van der Waals surface area contributed by atoms with Gasteiger partial charge in [-0.15, -0.1) is 5.10 Å². The van der Waals surface area contributed by atoms with Crippen molar-refractivity contribution in [2.45, 2.75) is 51.2 Å². The molecule has 0 spiro atoms. The van der Waals surface area contributed by atoms with Gasteiger partial charge >= 0.3 is 0 Å². The van der Waals surface area contributed by atoms with E-state index < -0.39 is 6.04 Å². The van der Waals surface area contributed by atoms with Crippen molar-refractivity contribution >= 4 is 23.3 Å². The second-order valence-electron chi connectivity index (χ2n) is 8.01. The number of nitrogens with zero attached hydrogens (tertiary/aromatic N) is 3. The molecule has 2 amide bonds. The number of hydrogen-bond acceptors (Lipinski definition) is 5. The number of rotatable bonds is 7. The molecule has 6 nitrogen and oxygen atoms in total. The number of aromatic nitrogens is 2. The molecule has 1 N–H and O–H groups in total. The van der Waals surface area contributed by atoms with Crippen LogP contribution < -0.4 is 5.32 Å². The standard InChI is InChI=1S/C24H26N4O2S/c1-17-11-13-19(14-12-17)22(23(29)25-20-9-5-6-10-20)28(15-18-7-3-2-4-8-18)24(30)21-16-31-27-26-21/h2-4,7-8,11-14,16,20,22H,5-6,9-10,15H2,1H3,(H,25,29)/t22-/m0/s1. The molecule has 0 saturated heterocycles. The van der Waals surface area contributed by atoms with Gasteiger partial charge in [0.1, 0.15) is 6.04 Å². The largest absolute Gasteiger partial charge is 0.351 e. The molecule has 0 radical (unpaired) electrons. The lowest BCUT2D eigenvalue weighted by Crippen LogP contribution is -2.46. The van der Waals surface area contributed by atoms with Crippen molar-refractivity contribution in [3.05, 3.63) is 82.4 Å². The molecule has 1 aliphatic rings. The minimum atomic E-state index is -0.754. The van der Waals surface area contributed by atoms with Crippen LogP contribution in [0.4, 0.5) is 0 Å². The summed E-state index contributed by atoms with van der Waals surface area (Å²) in [6.07, 6.45) is 4.21. The minimum Gasteiger partial charge on any atom is -0.351 e. The van der Waals surface area contributed by atoms with Crippen LogP contribution in [0.2, 0.25) is 0 Å². The predicted octanol–water partition coefficient (Wildman–Crippen LogP) is 4.29. The van der Waals surface area contributed by atoms with E-state index in [1.54, 1.807) is 10.3 Å². The van der Waals surface area contributed by atoms with Gasteiger partial charge in [-0.05, 0) is 42.4 Å². The summed E-state index contributed by atoms with van der Waals surface area (Å²) in [6.45, 7) is 2.30. The van der Waals surface area contributed by atoms with Crippen molar-refractivity contribution < 1.29 is 9.59 Å². The summed E-state index contributed by atoms with van der Waals surface area (Å²) in [5.74, 6) is -0.451. The van der Waals surface area contributed by atoms with Crippen LogP contribution in [0, 0.1) is 6.92 Å².